The zero-order valence-electron chi connectivity index (χ0n) is 11.0. The maximum absolute atomic E-state index is 2.41. The van der Waals surface area contributed by atoms with Crippen LogP contribution in [0.15, 0.2) is 12.3 Å². The molecule has 1 heteroatoms. The van der Waals surface area contributed by atoms with Gasteiger partial charge in [0, 0.05) is 0 Å². The van der Waals surface area contributed by atoms with Gasteiger partial charge in [-0.15, -0.1) is 0 Å². The van der Waals surface area contributed by atoms with Gasteiger partial charge in [0.15, 0.2) is 0 Å². The summed E-state index contributed by atoms with van der Waals surface area (Å²) in [6.07, 6.45) is 11.6. The molecule has 0 spiro atoms. The Kier molecular flexibility index (Phi) is 4.85. The third kappa shape index (κ3) is 3.34. The number of quaternary nitrogens is 1. The largest absolute Gasteiger partial charge is 0.298 e. The number of likely N-dealkylation sites (tertiary alicyclic amines) is 1. The van der Waals surface area contributed by atoms with Crippen LogP contribution >= 0.6 is 0 Å². The molecule has 1 fully saturated rings. The Morgan fingerprint density at radius 3 is 2.60 bits per heavy atom. The second-order valence-corrected chi connectivity index (χ2v) is 5.40. The molecule has 0 N–H and O–H groups in total. The number of allylic oxidation sites excluding steroid dienone is 1. The first-order valence-corrected chi connectivity index (χ1v) is 6.61. The van der Waals surface area contributed by atoms with Gasteiger partial charge in [-0.3, -0.25) is 4.48 Å². The molecule has 1 rings (SSSR count). The first-order chi connectivity index (χ1) is 7.12. The lowest BCUT2D eigenvalue weighted by molar-refractivity contribution is -0.884. The first kappa shape index (κ1) is 12.8. The van der Waals surface area contributed by atoms with E-state index in [1.807, 2.05) is 0 Å². The molecule has 0 aromatic carbocycles. The van der Waals surface area contributed by atoms with Gasteiger partial charge in [-0.25, -0.2) is 0 Å². The van der Waals surface area contributed by atoms with Crippen molar-refractivity contribution in [3.8, 4) is 0 Å². The van der Waals surface area contributed by atoms with Gasteiger partial charge in [0.1, 0.15) is 0 Å². The Balaban J connectivity index is 2.63. The summed E-state index contributed by atoms with van der Waals surface area (Å²) in [4.78, 5) is 0. The van der Waals surface area contributed by atoms with Gasteiger partial charge in [-0.2, -0.15) is 0 Å². The van der Waals surface area contributed by atoms with Crippen molar-refractivity contribution in [3.05, 3.63) is 12.3 Å². The molecule has 0 bridgehead atoms. The Hall–Kier alpha value is -0.300. The smallest absolute Gasteiger partial charge is 0.0915 e. The van der Waals surface area contributed by atoms with Crippen LogP contribution in [0.1, 0.15) is 52.9 Å². The van der Waals surface area contributed by atoms with Crippen molar-refractivity contribution < 1.29 is 4.48 Å². The van der Waals surface area contributed by atoms with Gasteiger partial charge in [-0.1, -0.05) is 13.3 Å². The molecule has 0 radical (unpaired) electrons. The van der Waals surface area contributed by atoms with Crippen LogP contribution in [0.2, 0.25) is 0 Å². The van der Waals surface area contributed by atoms with Gasteiger partial charge < -0.3 is 0 Å². The predicted molar refractivity (Wildman–Crippen MR) is 67.6 cm³/mol. The van der Waals surface area contributed by atoms with E-state index in [9.17, 15) is 0 Å². The van der Waals surface area contributed by atoms with E-state index < -0.39 is 0 Å². The monoisotopic (exact) mass is 210 g/mol. The van der Waals surface area contributed by atoms with Crippen LogP contribution in [0.4, 0.5) is 0 Å². The molecule has 1 aliphatic rings. The quantitative estimate of drug-likeness (QED) is 0.605. The van der Waals surface area contributed by atoms with Crippen LogP contribution in [-0.2, 0) is 0 Å². The Morgan fingerprint density at radius 1 is 1.27 bits per heavy atom. The van der Waals surface area contributed by atoms with E-state index in [1.165, 1.54) is 38.6 Å². The van der Waals surface area contributed by atoms with Crippen LogP contribution in [0.5, 0.6) is 0 Å². The van der Waals surface area contributed by atoms with E-state index in [0.29, 0.717) is 0 Å². The van der Waals surface area contributed by atoms with Gasteiger partial charge in [0.25, 0.3) is 0 Å². The van der Waals surface area contributed by atoms with E-state index in [4.69, 9.17) is 0 Å². The molecular weight excluding hydrogens is 182 g/mol. The van der Waals surface area contributed by atoms with Crippen molar-refractivity contribution >= 4 is 0 Å². The van der Waals surface area contributed by atoms with Crippen molar-refractivity contribution in [2.24, 2.45) is 5.92 Å². The summed E-state index contributed by atoms with van der Waals surface area (Å²) in [5.41, 5.74) is 0. The standard InChI is InChI=1S/C14H28N/c1-5-11-15(4)12-7-8-14(6-2)10-9-13(15)3/h5,11,13-14H,6-10,12H2,1-4H3/q+1. The van der Waals surface area contributed by atoms with Crippen molar-refractivity contribution in [3.63, 3.8) is 0 Å². The number of rotatable bonds is 2. The van der Waals surface area contributed by atoms with E-state index in [2.05, 4.69) is 40.1 Å². The van der Waals surface area contributed by atoms with Crippen molar-refractivity contribution in [2.45, 2.75) is 58.9 Å². The SMILES string of the molecule is CC=C[N+]1(C)CCCC(CC)CCC1C. The van der Waals surface area contributed by atoms with E-state index in [0.717, 1.165) is 16.4 Å². The third-order valence-electron chi connectivity index (χ3n) is 4.32. The third-order valence-corrected chi connectivity index (χ3v) is 4.32. The molecule has 0 aromatic heterocycles. The van der Waals surface area contributed by atoms with Crippen LogP contribution < -0.4 is 0 Å². The lowest BCUT2D eigenvalue weighted by Crippen LogP contribution is -2.47. The van der Waals surface area contributed by atoms with Gasteiger partial charge >= 0.3 is 0 Å². The summed E-state index contributed by atoms with van der Waals surface area (Å²) >= 11 is 0. The molecule has 88 valence electrons. The summed E-state index contributed by atoms with van der Waals surface area (Å²) in [6.45, 7) is 8.22. The second-order valence-electron chi connectivity index (χ2n) is 5.40. The highest BCUT2D eigenvalue weighted by atomic mass is 15.3. The number of hydrogen-bond acceptors (Lipinski definition) is 0. The second kappa shape index (κ2) is 5.69. The summed E-state index contributed by atoms with van der Waals surface area (Å²) < 4.78 is 1.15. The fourth-order valence-corrected chi connectivity index (χ4v) is 2.83. The highest BCUT2D eigenvalue weighted by Crippen LogP contribution is 2.27. The highest BCUT2D eigenvalue weighted by molar-refractivity contribution is 4.73. The van der Waals surface area contributed by atoms with Gasteiger partial charge in [0.05, 0.1) is 25.8 Å². The molecule has 0 amide bonds. The minimum Gasteiger partial charge on any atom is -0.298 e. The Morgan fingerprint density at radius 2 is 2.00 bits per heavy atom. The van der Waals surface area contributed by atoms with Crippen molar-refractivity contribution in [1.29, 1.82) is 0 Å². The normalized spacial score (nSPS) is 38.9. The lowest BCUT2D eigenvalue weighted by atomic mass is 9.90. The van der Waals surface area contributed by atoms with Gasteiger partial charge in [-0.05, 0) is 51.5 Å². The molecule has 1 nitrogen and oxygen atoms in total. The van der Waals surface area contributed by atoms with E-state index >= 15 is 0 Å². The molecule has 15 heavy (non-hydrogen) atoms. The van der Waals surface area contributed by atoms with Crippen LogP contribution in [0.25, 0.3) is 0 Å². The molecule has 0 aliphatic carbocycles. The minimum absolute atomic E-state index is 0.788. The summed E-state index contributed by atoms with van der Waals surface area (Å²) in [5.74, 6) is 0.992. The first-order valence-electron chi connectivity index (χ1n) is 6.61. The molecular formula is C14H28N+. The predicted octanol–water partition coefficient (Wildman–Crippen LogP) is 3.96. The molecule has 0 saturated carbocycles. The fraction of sp³-hybridized carbons (Fsp3) is 0.857. The lowest BCUT2D eigenvalue weighted by Gasteiger charge is -2.39. The van der Waals surface area contributed by atoms with Crippen molar-refractivity contribution in [1.82, 2.24) is 0 Å². The molecule has 1 heterocycles. The average Bonchev–Trinajstić information content (AvgIpc) is 2.21. The summed E-state index contributed by atoms with van der Waals surface area (Å²) in [7, 11) is 2.39. The molecule has 1 saturated heterocycles. The Labute approximate surface area is 95.8 Å². The zero-order chi connectivity index (χ0) is 11.3. The van der Waals surface area contributed by atoms with E-state index in [1.54, 1.807) is 0 Å². The van der Waals surface area contributed by atoms with Crippen LogP contribution in [0.3, 0.4) is 0 Å². The van der Waals surface area contributed by atoms with Gasteiger partial charge in [0.2, 0.25) is 0 Å². The molecule has 0 aromatic rings. The topological polar surface area (TPSA) is 0 Å². The summed E-state index contributed by atoms with van der Waals surface area (Å²) in [5, 5.41) is 0. The maximum atomic E-state index is 2.41. The minimum atomic E-state index is 0.788. The zero-order valence-corrected chi connectivity index (χ0v) is 11.0. The van der Waals surface area contributed by atoms with Crippen molar-refractivity contribution in [2.75, 3.05) is 13.6 Å². The highest BCUT2D eigenvalue weighted by Gasteiger charge is 2.29. The number of nitrogens with zero attached hydrogens (tertiary/aromatic N) is 1. The van der Waals surface area contributed by atoms with E-state index in [-0.39, 0.29) is 0 Å². The molecule has 3 unspecified atom stereocenters. The fourth-order valence-electron chi connectivity index (χ4n) is 2.83. The Bertz CT molecular complexity index is 209. The summed E-state index contributed by atoms with van der Waals surface area (Å²) in [6, 6.07) is 0.788. The van der Waals surface area contributed by atoms with Crippen LogP contribution in [0, 0.1) is 5.92 Å². The molecule has 1 aliphatic heterocycles. The maximum Gasteiger partial charge on any atom is 0.0915 e. The average molecular weight is 210 g/mol. The molecule has 3 atom stereocenters. The number of hydrogen-bond donors (Lipinski definition) is 0. The van der Waals surface area contributed by atoms with Crippen LogP contribution in [-0.4, -0.2) is 24.1 Å².